The highest BCUT2D eigenvalue weighted by Crippen LogP contribution is 2.38. The van der Waals surface area contributed by atoms with Gasteiger partial charge in [-0.05, 0) is 42.2 Å². The van der Waals surface area contributed by atoms with Gasteiger partial charge < -0.3 is 5.11 Å². The van der Waals surface area contributed by atoms with Crippen LogP contribution in [0.15, 0.2) is 60.8 Å². The van der Waals surface area contributed by atoms with Gasteiger partial charge in [0, 0.05) is 23.2 Å². The first kappa shape index (κ1) is 17.0. The number of hydrogen-bond donors (Lipinski definition) is 1. The van der Waals surface area contributed by atoms with E-state index in [4.69, 9.17) is 11.6 Å². The van der Waals surface area contributed by atoms with E-state index in [0.29, 0.717) is 11.4 Å². The highest BCUT2D eigenvalue weighted by molar-refractivity contribution is 6.31. The van der Waals surface area contributed by atoms with Gasteiger partial charge in [-0.3, -0.25) is 14.7 Å². The molecule has 0 aliphatic carbocycles. The zero-order valence-corrected chi connectivity index (χ0v) is 14.9. The Morgan fingerprint density at radius 3 is 2.77 bits per heavy atom. The second-order valence-corrected chi connectivity index (χ2v) is 7.03. The van der Waals surface area contributed by atoms with Crippen molar-refractivity contribution in [3.8, 4) is 0 Å². The summed E-state index contributed by atoms with van der Waals surface area (Å²) in [6.45, 7) is 0.722. The van der Waals surface area contributed by atoms with E-state index in [-0.39, 0.29) is 6.04 Å². The van der Waals surface area contributed by atoms with E-state index in [2.05, 4.69) is 11.1 Å². The van der Waals surface area contributed by atoms with Crippen LogP contribution in [0.5, 0.6) is 0 Å². The average Bonchev–Trinajstić information content (AvgIpc) is 3.13. The van der Waals surface area contributed by atoms with Gasteiger partial charge in [0.05, 0.1) is 11.6 Å². The summed E-state index contributed by atoms with van der Waals surface area (Å²) >= 11 is 6.50. The minimum absolute atomic E-state index is 0.232. The Bertz CT molecular complexity index is 959. The summed E-state index contributed by atoms with van der Waals surface area (Å²) in [5.74, 6) is -0.784. The molecule has 2 atom stereocenters. The van der Waals surface area contributed by atoms with Gasteiger partial charge >= 0.3 is 5.97 Å². The van der Waals surface area contributed by atoms with Crippen molar-refractivity contribution in [2.75, 3.05) is 6.54 Å². The van der Waals surface area contributed by atoms with Crippen molar-refractivity contribution < 1.29 is 9.90 Å². The second-order valence-electron chi connectivity index (χ2n) is 6.62. The van der Waals surface area contributed by atoms with Crippen molar-refractivity contribution in [2.24, 2.45) is 0 Å². The van der Waals surface area contributed by atoms with Crippen LogP contribution < -0.4 is 0 Å². The summed E-state index contributed by atoms with van der Waals surface area (Å²) < 4.78 is 0. The van der Waals surface area contributed by atoms with Crippen LogP contribution in [0.25, 0.3) is 10.9 Å². The largest absolute Gasteiger partial charge is 0.480 e. The molecule has 4 nitrogen and oxygen atoms in total. The number of nitrogens with zero attached hydrogens (tertiary/aromatic N) is 2. The molecule has 5 heteroatoms. The lowest BCUT2D eigenvalue weighted by Crippen LogP contribution is -2.39. The molecule has 1 N–H and O–H groups in total. The number of carbonyl (C=O) groups is 1. The van der Waals surface area contributed by atoms with Crippen molar-refractivity contribution in [1.29, 1.82) is 0 Å². The molecule has 0 radical (unpaired) electrons. The molecule has 1 aliphatic heterocycles. The molecular formula is C21H19ClN2O2. The maximum Gasteiger partial charge on any atom is 0.320 e. The molecule has 2 unspecified atom stereocenters. The first-order valence-corrected chi connectivity index (χ1v) is 9.10. The van der Waals surface area contributed by atoms with Gasteiger partial charge in [0.25, 0.3) is 0 Å². The summed E-state index contributed by atoms with van der Waals surface area (Å²) in [6, 6.07) is 16.9. The number of carboxylic acids is 1. The van der Waals surface area contributed by atoms with Crippen LogP contribution in [0.3, 0.4) is 0 Å². The van der Waals surface area contributed by atoms with E-state index in [0.717, 1.165) is 35.0 Å². The number of aromatic nitrogens is 1. The van der Waals surface area contributed by atoms with Gasteiger partial charge in [-0.2, -0.15) is 0 Å². The predicted octanol–water partition coefficient (Wildman–Crippen LogP) is 4.53. The maximum absolute atomic E-state index is 11.8. The number of pyridine rings is 1. The first-order chi connectivity index (χ1) is 12.6. The van der Waals surface area contributed by atoms with Gasteiger partial charge in [0.1, 0.15) is 6.04 Å². The van der Waals surface area contributed by atoms with E-state index < -0.39 is 12.0 Å². The van der Waals surface area contributed by atoms with Crippen molar-refractivity contribution in [3.05, 3.63) is 76.9 Å². The maximum atomic E-state index is 11.8. The number of rotatable bonds is 4. The fraction of sp³-hybridized carbons (Fsp3) is 0.238. The second kappa shape index (κ2) is 7.06. The highest BCUT2D eigenvalue weighted by Gasteiger charge is 2.37. The zero-order chi connectivity index (χ0) is 18.1. The molecule has 0 spiro atoms. The third-order valence-electron chi connectivity index (χ3n) is 5.04. The third-order valence-corrected chi connectivity index (χ3v) is 5.38. The summed E-state index contributed by atoms with van der Waals surface area (Å²) in [6.07, 6.45) is 3.35. The Morgan fingerprint density at radius 2 is 1.96 bits per heavy atom. The van der Waals surface area contributed by atoms with Crippen molar-refractivity contribution >= 4 is 28.5 Å². The van der Waals surface area contributed by atoms with Gasteiger partial charge in [-0.1, -0.05) is 48.0 Å². The summed E-state index contributed by atoms with van der Waals surface area (Å²) in [5.41, 5.74) is 2.80. The summed E-state index contributed by atoms with van der Waals surface area (Å²) in [4.78, 5) is 18.4. The van der Waals surface area contributed by atoms with Crippen LogP contribution >= 0.6 is 11.6 Å². The number of halogens is 1. The molecule has 132 valence electrons. The Labute approximate surface area is 157 Å². The lowest BCUT2D eigenvalue weighted by atomic mass is 9.96. The van der Waals surface area contributed by atoms with E-state index in [1.165, 1.54) is 0 Å². The fourth-order valence-corrected chi connectivity index (χ4v) is 4.09. The summed E-state index contributed by atoms with van der Waals surface area (Å²) in [5, 5.41) is 11.4. The van der Waals surface area contributed by atoms with Gasteiger partial charge in [0.2, 0.25) is 0 Å². The minimum Gasteiger partial charge on any atom is -0.480 e. The normalized spacial score (nSPS) is 18.9. The van der Waals surface area contributed by atoms with Crippen molar-refractivity contribution in [3.63, 3.8) is 0 Å². The number of hydrogen-bond acceptors (Lipinski definition) is 3. The van der Waals surface area contributed by atoms with Crippen molar-refractivity contribution in [1.82, 2.24) is 9.88 Å². The number of benzene rings is 2. The van der Waals surface area contributed by atoms with Crippen LogP contribution in [0.2, 0.25) is 5.02 Å². The van der Waals surface area contributed by atoms with Crippen LogP contribution in [0, 0.1) is 0 Å². The van der Waals surface area contributed by atoms with Crippen molar-refractivity contribution in [2.45, 2.75) is 24.9 Å². The molecule has 1 saturated heterocycles. The highest BCUT2D eigenvalue weighted by atomic mass is 35.5. The number of para-hydroxylation sites is 1. The lowest BCUT2D eigenvalue weighted by Gasteiger charge is -2.32. The molecule has 26 heavy (non-hydrogen) atoms. The molecule has 0 bridgehead atoms. The standard InChI is InChI=1S/C21H19ClN2O2/c22-17-8-3-2-7-16(17)20(24-11-5-10-19(24)21(25)26)15-12-14-6-1-4-9-18(14)23-13-15/h1-4,6-9,12-13,19-20H,5,10-11H2,(H,25,26). The smallest absolute Gasteiger partial charge is 0.320 e. The Kier molecular flexibility index (Phi) is 4.62. The van der Waals surface area contributed by atoms with Gasteiger partial charge in [-0.15, -0.1) is 0 Å². The van der Waals surface area contributed by atoms with Crippen LogP contribution in [-0.2, 0) is 4.79 Å². The lowest BCUT2D eigenvalue weighted by molar-refractivity contribution is -0.142. The van der Waals surface area contributed by atoms with E-state index in [1.54, 1.807) is 0 Å². The van der Waals surface area contributed by atoms with E-state index in [1.807, 2.05) is 59.6 Å². The molecule has 3 aromatic rings. The number of fused-ring (bicyclic) bond motifs is 1. The van der Waals surface area contributed by atoms with E-state index >= 15 is 0 Å². The monoisotopic (exact) mass is 366 g/mol. The molecule has 0 saturated carbocycles. The predicted molar refractivity (Wildman–Crippen MR) is 102 cm³/mol. The molecule has 2 aromatic carbocycles. The first-order valence-electron chi connectivity index (χ1n) is 8.73. The quantitative estimate of drug-likeness (QED) is 0.737. The van der Waals surface area contributed by atoms with Crippen LogP contribution in [0.4, 0.5) is 0 Å². The summed E-state index contributed by atoms with van der Waals surface area (Å²) in [7, 11) is 0. The minimum atomic E-state index is -0.784. The van der Waals surface area contributed by atoms with Crippen LogP contribution in [-0.4, -0.2) is 33.5 Å². The van der Waals surface area contributed by atoms with Gasteiger partial charge in [-0.25, -0.2) is 0 Å². The zero-order valence-electron chi connectivity index (χ0n) is 14.2. The molecule has 2 heterocycles. The molecular weight excluding hydrogens is 348 g/mol. The van der Waals surface area contributed by atoms with E-state index in [9.17, 15) is 9.90 Å². The molecule has 0 amide bonds. The number of aliphatic carboxylic acids is 1. The van der Waals surface area contributed by atoms with Gasteiger partial charge in [0.15, 0.2) is 0 Å². The fourth-order valence-electron chi connectivity index (χ4n) is 3.85. The Morgan fingerprint density at radius 1 is 1.19 bits per heavy atom. The molecule has 1 aliphatic rings. The third kappa shape index (κ3) is 3.06. The Balaban J connectivity index is 1.87. The molecule has 1 aromatic heterocycles. The molecule has 1 fully saturated rings. The average molecular weight is 367 g/mol. The number of carboxylic acid groups (broad SMARTS) is 1. The Hall–Kier alpha value is -2.43. The molecule has 4 rings (SSSR count). The number of likely N-dealkylation sites (tertiary alicyclic amines) is 1. The van der Waals surface area contributed by atoms with Crippen LogP contribution in [0.1, 0.15) is 30.0 Å². The topological polar surface area (TPSA) is 53.4 Å². The SMILES string of the molecule is O=C(O)C1CCCN1C(c1cnc2ccccc2c1)c1ccccc1Cl.